The van der Waals surface area contributed by atoms with E-state index in [1.807, 2.05) is 54.6 Å². The standard InChI is InChI=1S/C21H22N2O4S2/c1-16(23-29(25,26)20-8-5-13-28-20)21(24)22-14-17-9-11-18(12-10-17)15-27-19-6-3-2-4-7-19/h2-13,16,23H,14-15H2,1H3,(H,22,24). The lowest BCUT2D eigenvalue weighted by molar-refractivity contribution is -0.122. The molecule has 0 fully saturated rings. The fourth-order valence-corrected chi connectivity index (χ4v) is 4.75. The van der Waals surface area contributed by atoms with Crippen molar-refractivity contribution >= 4 is 27.3 Å². The third-order valence-electron chi connectivity index (χ3n) is 4.12. The number of para-hydroxylation sites is 1. The molecule has 1 unspecified atom stereocenters. The van der Waals surface area contributed by atoms with Crippen LogP contribution in [0.5, 0.6) is 5.75 Å². The molecule has 0 aliphatic rings. The second kappa shape index (κ2) is 9.69. The fraction of sp³-hybridized carbons (Fsp3) is 0.190. The first kappa shape index (κ1) is 21.0. The second-order valence-corrected chi connectivity index (χ2v) is 9.30. The number of nitrogens with one attached hydrogen (secondary N) is 2. The Morgan fingerprint density at radius 3 is 2.34 bits per heavy atom. The van der Waals surface area contributed by atoms with Gasteiger partial charge in [0.15, 0.2) is 0 Å². The van der Waals surface area contributed by atoms with Gasteiger partial charge in [0.25, 0.3) is 10.0 Å². The minimum atomic E-state index is -3.69. The Labute approximate surface area is 174 Å². The number of hydrogen-bond acceptors (Lipinski definition) is 5. The van der Waals surface area contributed by atoms with E-state index in [-0.39, 0.29) is 10.1 Å². The van der Waals surface area contributed by atoms with Crippen LogP contribution in [0.15, 0.2) is 76.3 Å². The summed E-state index contributed by atoms with van der Waals surface area (Å²) in [5.74, 6) is 0.421. The van der Waals surface area contributed by atoms with E-state index in [1.54, 1.807) is 11.4 Å². The fourth-order valence-electron chi connectivity index (χ4n) is 2.54. The Kier molecular flexibility index (Phi) is 7.03. The zero-order valence-corrected chi connectivity index (χ0v) is 17.5. The highest BCUT2D eigenvalue weighted by Gasteiger charge is 2.22. The Bertz CT molecular complexity index is 1020. The van der Waals surface area contributed by atoms with Crippen LogP contribution in [0.1, 0.15) is 18.1 Å². The summed E-state index contributed by atoms with van der Waals surface area (Å²) in [5, 5.41) is 4.42. The smallest absolute Gasteiger partial charge is 0.250 e. The van der Waals surface area contributed by atoms with Crippen LogP contribution in [-0.4, -0.2) is 20.4 Å². The van der Waals surface area contributed by atoms with Crippen LogP contribution < -0.4 is 14.8 Å². The highest BCUT2D eigenvalue weighted by atomic mass is 32.2. The Hall–Kier alpha value is -2.68. The summed E-state index contributed by atoms with van der Waals surface area (Å²) >= 11 is 1.11. The first-order valence-electron chi connectivity index (χ1n) is 9.03. The van der Waals surface area contributed by atoms with Gasteiger partial charge in [0.05, 0.1) is 6.04 Å². The predicted molar refractivity (Wildman–Crippen MR) is 113 cm³/mol. The number of thiophene rings is 1. The number of carbonyl (C=O) groups is 1. The maximum Gasteiger partial charge on any atom is 0.250 e. The third-order valence-corrected chi connectivity index (χ3v) is 7.06. The van der Waals surface area contributed by atoms with Crippen LogP contribution >= 0.6 is 11.3 Å². The Balaban J connectivity index is 1.47. The van der Waals surface area contributed by atoms with Gasteiger partial charge in [0.1, 0.15) is 16.6 Å². The molecular weight excluding hydrogens is 408 g/mol. The van der Waals surface area contributed by atoms with Crippen molar-refractivity contribution in [2.24, 2.45) is 0 Å². The molecule has 0 radical (unpaired) electrons. The predicted octanol–water partition coefficient (Wildman–Crippen LogP) is 3.31. The summed E-state index contributed by atoms with van der Waals surface area (Å²) in [5.41, 5.74) is 1.93. The monoisotopic (exact) mass is 430 g/mol. The van der Waals surface area contributed by atoms with Crippen LogP contribution in [0.25, 0.3) is 0 Å². The summed E-state index contributed by atoms with van der Waals surface area (Å²) in [6, 6.07) is 19.5. The normalized spacial score (nSPS) is 12.3. The topological polar surface area (TPSA) is 84.5 Å². The van der Waals surface area contributed by atoms with Crippen molar-refractivity contribution in [2.75, 3.05) is 0 Å². The lowest BCUT2D eigenvalue weighted by Crippen LogP contribution is -2.44. The maximum atomic E-state index is 12.2. The molecule has 1 heterocycles. The minimum Gasteiger partial charge on any atom is -0.489 e. The van der Waals surface area contributed by atoms with Gasteiger partial charge in [-0.05, 0) is 41.6 Å². The molecule has 3 aromatic rings. The lowest BCUT2D eigenvalue weighted by atomic mass is 10.1. The van der Waals surface area contributed by atoms with E-state index in [0.29, 0.717) is 13.2 Å². The Morgan fingerprint density at radius 1 is 1.00 bits per heavy atom. The zero-order chi connectivity index (χ0) is 20.7. The number of amides is 1. The SMILES string of the molecule is CC(NS(=O)(=O)c1cccs1)C(=O)NCc1ccc(COc2ccccc2)cc1. The number of sulfonamides is 1. The van der Waals surface area contributed by atoms with Gasteiger partial charge in [-0.25, -0.2) is 8.42 Å². The molecule has 3 rings (SSSR count). The second-order valence-electron chi connectivity index (χ2n) is 6.41. The molecule has 2 N–H and O–H groups in total. The third kappa shape index (κ3) is 6.15. The van der Waals surface area contributed by atoms with E-state index >= 15 is 0 Å². The van der Waals surface area contributed by atoms with Gasteiger partial charge in [-0.3, -0.25) is 4.79 Å². The summed E-state index contributed by atoms with van der Waals surface area (Å²) in [7, 11) is -3.69. The van der Waals surface area contributed by atoms with Crippen LogP contribution in [0.4, 0.5) is 0 Å². The molecule has 0 aliphatic heterocycles. The van der Waals surface area contributed by atoms with Crippen molar-refractivity contribution in [3.8, 4) is 5.75 Å². The van der Waals surface area contributed by atoms with E-state index in [2.05, 4.69) is 10.0 Å². The number of ether oxygens (including phenoxy) is 1. The number of hydrogen-bond donors (Lipinski definition) is 2. The minimum absolute atomic E-state index is 0.186. The summed E-state index contributed by atoms with van der Waals surface area (Å²) in [6.45, 7) is 2.28. The van der Waals surface area contributed by atoms with E-state index in [9.17, 15) is 13.2 Å². The summed E-state index contributed by atoms with van der Waals surface area (Å²) < 4.78 is 32.7. The molecule has 1 aromatic heterocycles. The average Bonchev–Trinajstić information content (AvgIpc) is 3.28. The molecule has 0 aliphatic carbocycles. The number of rotatable bonds is 9. The average molecular weight is 431 g/mol. The van der Waals surface area contributed by atoms with E-state index < -0.39 is 16.1 Å². The van der Waals surface area contributed by atoms with Gasteiger partial charge in [0.2, 0.25) is 5.91 Å². The molecule has 0 bridgehead atoms. The number of benzene rings is 2. The molecular formula is C21H22N2O4S2. The summed E-state index contributed by atoms with van der Waals surface area (Å²) in [4.78, 5) is 12.2. The van der Waals surface area contributed by atoms with E-state index in [0.717, 1.165) is 28.2 Å². The zero-order valence-electron chi connectivity index (χ0n) is 15.9. The molecule has 6 nitrogen and oxygen atoms in total. The summed E-state index contributed by atoms with van der Waals surface area (Å²) in [6.07, 6.45) is 0. The first-order chi connectivity index (χ1) is 13.9. The van der Waals surface area contributed by atoms with E-state index in [1.165, 1.54) is 13.0 Å². The molecule has 2 aromatic carbocycles. The van der Waals surface area contributed by atoms with Crippen molar-refractivity contribution in [2.45, 2.75) is 30.3 Å². The molecule has 0 saturated carbocycles. The van der Waals surface area contributed by atoms with Gasteiger partial charge in [-0.1, -0.05) is 48.5 Å². The van der Waals surface area contributed by atoms with Gasteiger partial charge in [-0.2, -0.15) is 4.72 Å². The van der Waals surface area contributed by atoms with Crippen LogP contribution in [0.3, 0.4) is 0 Å². The molecule has 1 amide bonds. The first-order valence-corrected chi connectivity index (χ1v) is 11.4. The molecule has 0 spiro atoms. The Morgan fingerprint density at radius 2 is 1.69 bits per heavy atom. The van der Waals surface area contributed by atoms with Crippen LogP contribution in [-0.2, 0) is 28.0 Å². The highest BCUT2D eigenvalue weighted by Crippen LogP contribution is 2.16. The van der Waals surface area contributed by atoms with E-state index in [4.69, 9.17) is 4.74 Å². The highest BCUT2D eigenvalue weighted by molar-refractivity contribution is 7.91. The van der Waals surface area contributed by atoms with Gasteiger partial charge in [0, 0.05) is 6.54 Å². The van der Waals surface area contributed by atoms with Crippen LogP contribution in [0, 0.1) is 0 Å². The lowest BCUT2D eigenvalue weighted by Gasteiger charge is -2.14. The molecule has 8 heteroatoms. The number of carbonyl (C=O) groups excluding carboxylic acids is 1. The van der Waals surface area contributed by atoms with Crippen molar-refractivity contribution in [3.05, 3.63) is 83.2 Å². The van der Waals surface area contributed by atoms with Crippen molar-refractivity contribution in [1.29, 1.82) is 0 Å². The van der Waals surface area contributed by atoms with Crippen molar-refractivity contribution in [3.63, 3.8) is 0 Å². The molecule has 0 saturated heterocycles. The van der Waals surface area contributed by atoms with Crippen molar-refractivity contribution in [1.82, 2.24) is 10.0 Å². The largest absolute Gasteiger partial charge is 0.489 e. The molecule has 29 heavy (non-hydrogen) atoms. The quantitative estimate of drug-likeness (QED) is 0.545. The van der Waals surface area contributed by atoms with Gasteiger partial charge in [-0.15, -0.1) is 11.3 Å². The van der Waals surface area contributed by atoms with Crippen molar-refractivity contribution < 1.29 is 17.9 Å². The van der Waals surface area contributed by atoms with Gasteiger partial charge >= 0.3 is 0 Å². The maximum absolute atomic E-state index is 12.2. The van der Waals surface area contributed by atoms with Gasteiger partial charge < -0.3 is 10.1 Å². The molecule has 152 valence electrons. The molecule has 1 atom stereocenters. The van der Waals surface area contributed by atoms with Crippen LogP contribution in [0.2, 0.25) is 0 Å².